The summed E-state index contributed by atoms with van der Waals surface area (Å²) in [7, 11) is -1.85. The molecule has 0 amide bonds. The average Bonchev–Trinajstić information content (AvgIpc) is 2.46. The third kappa shape index (κ3) is 3.48. The van der Waals surface area contributed by atoms with Crippen molar-refractivity contribution in [3.05, 3.63) is 47.0 Å². The van der Waals surface area contributed by atoms with Crippen LogP contribution in [-0.4, -0.2) is 22.6 Å². The van der Waals surface area contributed by atoms with Gasteiger partial charge in [0.2, 0.25) is 0 Å². The predicted molar refractivity (Wildman–Crippen MR) is 81.7 cm³/mol. The zero-order valence-corrected chi connectivity index (χ0v) is 13.6. The van der Waals surface area contributed by atoms with E-state index in [9.17, 15) is 17.2 Å². The summed E-state index contributed by atoms with van der Waals surface area (Å²) in [5.41, 5.74) is -0.0825. The first-order valence-electron chi connectivity index (χ1n) is 6.18. The van der Waals surface area contributed by atoms with Crippen molar-refractivity contribution in [1.29, 1.82) is 0 Å². The van der Waals surface area contributed by atoms with Crippen LogP contribution in [0.1, 0.15) is 0 Å². The second-order valence-electron chi connectivity index (χ2n) is 4.34. The maximum Gasteiger partial charge on any atom is 0.267 e. The highest BCUT2D eigenvalue weighted by atomic mass is 35.5. The first kappa shape index (κ1) is 17.3. The molecule has 0 fully saturated rings. The number of methoxy groups -OCH3 is 2. The van der Waals surface area contributed by atoms with Gasteiger partial charge >= 0.3 is 0 Å². The Hall–Kier alpha value is -2.06. The molecule has 0 saturated heterocycles. The molecule has 0 radical (unpaired) electrons. The SMILES string of the molecule is COc1cc(OC)c(NS(=O)(=O)c2c(F)cccc2F)cc1Cl. The summed E-state index contributed by atoms with van der Waals surface area (Å²) in [6.07, 6.45) is 0. The van der Waals surface area contributed by atoms with Gasteiger partial charge in [-0.15, -0.1) is 0 Å². The largest absolute Gasteiger partial charge is 0.495 e. The summed E-state index contributed by atoms with van der Waals surface area (Å²) in [6.45, 7) is 0. The predicted octanol–water partition coefficient (Wildman–Crippen LogP) is 3.44. The molecule has 124 valence electrons. The highest BCUT2D eigenvalue weighted by molar-refractivity contribution is 7.92. The monoisotopic (exact) mass is 363 g/mol. The van der Waals surface area contributed by atoms with E-state index in [4.69, 9.17) is 21.1 Å². The zero-order valence-electron chi connectivity index (χ0n) is 12.1. The normalized spacial score (nSPS) is 11.2. The van der Waals surface area contributed by atoms with Gasteiger partial charge < -0.3 is 9.47 Å². The molecule has 0 aliphatic rings. The molecule has 5 nitrogen and oxygen atoms in total. The summed E-state index contributed by atoms with van der Waals surface area (Å²) < 4.78 is 64.0. The van der Waals surface area contributed by atoms with Crippen LogP contribution in [0.3, 0.4) is 0 Å². The van der Waals surface area contributed by atoms with Crippen molar-refractivity contribution < 1.29 is 26.7 Å². The van der Waals surface area contributed by atoms with Crippen LogP contribution in [0.2, 0.25) is 5.02 Å². The lowest BCUT2D eigenvalue weighted by molar-refractivity contribution is 0.396. The van der Waals surface area contributed by atoms with Crippen molar-refractivity contribution in [3.8, 4) is 11.5 Å². The molecule has 1 N–H and O–H groups in total. The third-order valence-electron chi connectivity index (χ3n) is 2.91. The quantitative estimate of drug-likeness (QED) is 0.883. The summed E-state index contributed by atoms with van der Waals surface area (Å²) in [6, 6.07) is 5.31. The van der Waals surface area contributed by atoms with Crippen LogP contribution < -0.4 is 14.2 Å². The Kier molecular flexibility index (Phi) is 4.96. The maximum absolute atomic E-state index is 13.7. The van der Waals surface area contributed by atoms with Gasteiger partial charge in [-0.3, -0.25) is 4.72 Å². The van der Waals surface area contributed by atoms with E-state index < -0.39 is 26.6 Å². The molecular formula is C14H12ClF2NO4S. The topological polar surface area (TPSA) is 64.6 Å². The number of anilines is 1. The molecule has 0 spiro atoms. The number of benzene rings is 2. The fraction of sp³-hybridized carbons (Fsp3) is 0.143. The van der Waals surface area contributed by atoms with Crippen LogP contribution in [0, 0.1) is 11.6 Å². The number of sulfonamides is 1. The molecule has 0 atom stereocenters. The van der Waals surface area contributed by atoms with Crippen LogP contribution in [-0.2, 0) is 10.0 Å². The smallest absolute Gasteiger partial charge is 0.267 e. The summed E-state index contributed by atoms with van der Waals surface area (Å²) in [4.78, 5) is -1.09. The van der Waals surface area contributed by atoms with E-state index in [0.29, 0.717) is 0 Å². The lowest BCUT2D eigenvalue weighted by atomic mass is 10.3. The first-order chi connectivity index (χ1) is 10.8. The lowest BCUT2D eigenvalue weighted by Gasteiger charge is -2.14. The Balaban J connectivity index is 2.52. The van der Waals surface area contributed by atoms with Crippen LogP contribution in [0.25, 0.3) is 0 Å². The minimum Gasteiger partial charge on any atom is -0.495 e. The van der Waals surface area contributed by atoms with Crippen molar-refractivity contribution in [2.24, 2.45) is 0 Å². The second kappa shape index (κ2) is 6.59. The summed E-state index contributed by atoms with van der Waals surface area (Å²) in [5.74, 6) is -2.10. The third-order valence-corrected chi connectivity index (χ3v) is 4.62. The molecule has 0 bridgehead atoms. The van der Waals surface area contributed by atoms with E-state index in [1.165, 1.54) is 26.4 Å². The molecule has 2 aromatic rings. The molecule has 0 heterocycles. The molecule has 0 unspecified atom stereocenters. The van der Waals surface area contributed by atoms with E-state index in [0.717, 1.165) is 18.2 Å². The molecule has 0 aliphatic heterocycles. The van der Waals surface area contributed by atoms with Crippen molar-refractivity contribution in [1.82, 2.24) is 0 Å². The molecular weight excluding hydrogens is 352 g/mol. The van der Waals surface area contributed by atoms with Gasteiger partial charge in [0, 0.05) is 6.07 Å². The van der Waals surface area contributed by atoms with E-state index >= 15 is 0 Å². The van der Waals surface area contributed by atoms with Crippen LogP contribution >= 0.6 is 11.6 Å². The van der Waals surface area contributed by atoms with Crippen molar-refractivity contribution in [2.75, 3.05) is 18.9 Å². The molecule has 0 aliphatic carbocycles. The molecule has 2 rings (SSSR count). The van der Waals surface area contributed by atoms with Gasteiger partial charge in [-0.2, -0.15) is 0 Å². The fourth-order valence-corrected chi connectivity index (χ4v) is 3.32. The van der Waals surface area contributed by atoms with Gasteiger partial charge in [0.05, 0.1) is 24.9 Å². The number of hydrogen-bond donors (Lipinski definition) is 1. The van der Waals surface area contributed by atoms with Gasteiger partial charge in [0.1, 0.15) is 23.1 Å². The van der Waals surface area contributed by atoms with Gasteiger partial charge in [0.25, 0.3) is 10.0 Å². The standard InChI is InChI=1S/C14H12ClF2NO4S/c1-21-12-7-13(22-2)11(6-8(12)15)18-23(19,20)14-9(16)4-3-5-10(14)17/h3-7,18H,1-2H3. The van der Waals surface area contributed by atoms with Crippen molar-refractivity contribution in [3.63, 3.8) is 0 Å². The van der Waals surface area contributed by atoms with E-state index in [-0.39, 0.29) is 22.2 Å². The Bertz CT molecular complexity index is 823. The fourth-order valence-electron chi connectivity index (χ4n) is 1.87. The number of rotatable bonds is 5. The minimum absolute atomic E-state index is 0.0755. The Morgan fingerprint density at radius 2 is 1.61 bits per heavy atom. The maximum atomic E-state index is 13.7. The van der Waals surface area contributed by atoms with Gasteiger partial charge in [-0.1, -0.05) is 17.7 Å². The van der Waals surface area contributed by atoms with Gasteiger partial charge in [-0.25, -0.2) is 17.2 Å². The van der Waals surface area contributed by atoms with Crippen molar-refractivity contribution >= 4 is 27.3 Å². The summed E-state index contributed by atoms with van der Waals surface area (Å²) in [5, 5.41) is 0.0972. The number of nitrogens with one attached hydrogen (secondary N) is 1. The molecule has 23 heavy (non-hydrogen) atoms. The second-order valence-corrected chi connectivity index (χ2v) is 6.37. The lowest BCUT2D eigenvalue weighted by Crippen LogP contribution is -2.17. The van der Waals surface area contributed by atoms with Crippen LogP contribution in [0.15, 0.2) is 35.2 Å². The average molecular weight is 364 g/mol. The minimum atomic E-state index is -4.52. The molecule has 0 aromatic heterocycles. The summed E-state index contributed by atoms with van der Waals surface area (Å²) >= 11 is 5.93. The van der Waals surface area contributed by atoms with E-state index in [1.807, 2.05) is 0 Å². The first-order valence-corrected chi connectivity index (χ1v) is 8.04. The number of ether oxygens (including phenoxy) is 2. The molecule has 2 aromatic carbocycles. The zero-order chi connectivity index (χ0) is 17.2. The Morgan fingerprint density at radius 1 is 1.04 bits per heavy atom. The van der Waals surface area contributed by atoms with E-state index in [1.54, 1.807) is 0 Å². The van der Waals surface area contributed by atoms with Gasteiger partial charge in [-0.05, 0) is 18.2 Å². The highest BCUT2D eigenvalue weighted by Gasteiger charge is 2.25. The number of halogens is 3. The van der Waals surface area contributed by atoms with Crippen LogP contribution in [0.4, 0.5) is 14.5 Å². The van der Waals surface area contributed by atoms with E-state index in [2.05, 4.69) is 4.72 Å². The molecule has 0 saturated carbocycles. The van der Waals surface area contributed by atoms with Gasteiger partial charge in [0.15, 0.2) is 4.90 Å². The number of hydrogen-bond acceptors (Lipinski definition) is 4. The molecule has 9 heteroatoms. The van der Waals surface area contributed by atoms with Crippen LogP contribution in [0.5, 0.6) is 11.5 Å². The Labute approximate surface area is 136 Å². The Morgan fingerprint density at radius 3 is 2.13 bits per heavy atom. The highest BCUT2D eigenvalue weighted by Crippen LogP contribution is 2.37. The van der Waals surface area contributed by atoms with Crippen molar-refractivity contribution in [2.45, 2.75) is 4.90 Å².